The Bertz CT molecular complexity index is 385. The molecule has 2 fully saturated rings. The van der Waals surface area contributed by atoms with Crippen LogP contribution >= 0.6 is 0 Å². The van der Waals surface area contributed by atoms with Gasteiger partial charge >= 0.3 is 0 Å². The Hall–Kier alpha value is -1.33. The number of furan rings is 1. The van der Waals surface area contributed by atoms with Gasteiger partial charge in [0.25, 0.3) is 5.91 Å². The van der Waals surface area contributed by atoms with Crippen LogP contribution in [0.2, 0.25) is 0 Å². The number of carbonyl (C=O) groups excluding carboxylic acids is 1. The van der Waals surface area contributed by atoms with Crippen LogP contribution in [0.3, 0.4) is 0 Å². The highest BCUT2D eigenvalue weighted by atomic mass is 16.7. The predicted octanol–water partition coefficient (Wildman–Crippen LogP) is 1.26. The molecule has 1 spiro atoms. The van der Waals surface area contributed by atoms with Gasteiger partial charge in [0, 0.05) is 25.9 Å². The minimum absolute atomic E-state index is 0.0200. The first-order valence-corrected chi connectivity index (χ1v) is 5.88. The topological polar surface area (TPSA) is 51.9 Å². The first kappa shape index (κ1) is 10.8. The Morgan fingerprint density at radius 2 is 1.94 bits per heavy atom. The maximum atomic E-state index is 12.0. The van der Waals surface area contributed by atoms with E-state index in [0.29, 0.717) is 31.9 Å². The van der Waals surface area contributed by atoms with Crippen LogP contribution in [0.25, 0.3) is 0 Å². The molecule has 0 radical (unpaired) electrons. The third kappa shape index (κ3) is 1.96. The van der Waals surface area contributed by atoms with Crippen molar-refractivity contribution >= 4 is 5.91 Å². The van der Waals surface area contributed by atoms with Gasteiger partial charge in [0.05, 0.1) is 25.0 Å². The average Bonchev–Trinajstić information content (AvgIpc) is 3.01. The highest BCUT2D eigenvalue weighted by Gasteiger charge is 2.40. The molecule has 0 N–H and O–H groups in total. The van der Waals surface area contributed by atoms with E-state index < -0.39 is 5.79 Å². The first-order valence-electron chi connectivity index (χ1n) is 5.88. The second-order valence-electron chi connectivity index (χ2n) is 4.41. The van der Waals surface area contributed by atoms with E-state index in [1.54, 1.807) is 6.07 Å². The van der Waals surface area contributed by atoms with Crippen molar-refractivity contribution in [2.24, 2.45) is 0 Å². The van der Waals surface area contributed by atoms with Gasteiger partial charge in [0.2, 0.25) is 0 Å². The SMILES string of the molecule is O=C(c1ccoc1)N1CCC2(CC1)OCCO2. The Kier molecular flexibility index (Phi) is 2.64. The smallest absolute Gasteiger partial charge is 0.257 e. The van der Waals surface area contributed by atoms with E-state index in [9.17, 15) is 4.79 Å². The summed E-state index contributed by atoms with van der Waals surface area (Å²) in [6, 6.07) is 1.69. The van der Waals surface area contributed by atoms with Gasteiger partial charge in [-0.15, -0.1) is 0 Å². The molecule has 5 heteroatoms. The van der Waals surface area contributed by atoms with Crippen LogP contribution in [0, 0.1) is 0 Å². The van der Waals surface area contributed by atoms with Crippen LogP contribution in [-0.4, -0.2) is 42.9 Å². The van der Waals surface area contributed by atoms with Crippen molar-refractivity contribution in [2.75, 3.05) is 26.3 Å². The van der Waals surface area contributed by atoms with E-state index in [1.165, 1.54) is 12.5 Å². The van der Waals surface area contributed by atoms with E-state index in [1.807, 2.05) is 4.90 Å². The molecule has 0 saturated carbocycles. The number of likely N-dealkylation sites (tertiary alicyclic amines) is 1. The number of piperidine rings is 1. The summed E-state index contributed by atoms with van der Waals surface area (Å²) in [5.74, 6) is -0.403. The molecule has 17 heavy (non-hydrogen) atoms. The highest BCUT2D eigenvalue weighted by molar-refractivity contribution is 5.93. The molecule has 2 aliphatic heterocycles. The van der Waals surface area contributed by atoms with Crippen molar-refractivity contribution in [3.05, 3.63) is 24.2 Å². The van der Waals surface area contributed by atoms with Crippen LogP contribution in [0.5, 0.6) is 0 Å². The predicted molar refractivity (Wildman–Crippen MR) is 58.5 cm³/mol. The fourth-order valence-corrected chi connectivity index (χ4v) is 2.40. The van der Waals surface area contributed by atoms with Crippen LogP contribution in [0.4, 0.5) is 0 Å². The summed E-state index contributed by atoms with van der Waals surface area (Å²) in [7, 11) is 0. The molecule has 1 aromatic rings. The Morgan fingerprint density at radius 3 is 2.53 bits per heavy atom. The average molecular weight is 237 g/mol. The lowest BCUT2D eigenvalue weighted by molar-refractivity contribution is -0.181. The zero-order valence-electron chi connectivity index (χ0n) is 9.55. The van der Waals surface area contributed by atoms with E-state index in [4.69, 9.17) is 13.9 Å². The summed E-state index contributed by atoms with van der Waals surface area (Å²) < 4.78 is 16.2. The van der Waals surface area contributed by atoms with Crippen LogP contribution in [-0.2, 0) is 9.47 Å². The molecule has 0 atom stereocenters. The lowest BCUT2D eigenvalue weighted by Crippen LogP contribution is -2.47. The molecule has 1 amide bonds. The van der Waals surface area contributed by atoms with Crippen molar-refractivity contribution in [2.45, 2.75) is 18.6 Å². The van der Waals surface area contributed by atoms with Crippen molar-refractivity contribution in [3.8, 4) is 0 Å². The van der Waals surface area contributed by atoms with Crippen molar-refractivity contribution in [3.63, 3.8) is 0 Å². The molecule has 0 aromatic carbocycles. The zero-order valence-corrected chi connectivity index (χ0v) is 9.55. The highest BCUT2D eigenvalue weighted by Crippen LogP contribution is 2.31. The van der Waals surface area contributed by atoms with E-state index >= 15 is 0 Å². The summed E-state index contributed by atoms with van der Waals surface area (Å²) in [5.41, 5.74) is 0.606. The van der Waals surface area contributed by atoms with Gasteiger partial charge in [0.1, 0.15) is 6.26 Å². The van der Waals surface area contributed by atoms with Gasteiger partial charge in [-0.3, -0.25) is 4.79 Å². The number of nitrogens with zero attached hydrogens (tertiary/aromatic N) is 1. The molecule has 0 unspecified atom stereocenters. The minimum Gasteiger partial charge on any atom is -0.472 e. The molecular weight excluding hydrogens is 222 g/mol. The quantitative estimate of drug-likeness (QED) is 0.737. The van der Waals surface area contributed by atoms with Gasteiger partial charge in [-0.05, 0) is 6.07 Å². The second kappa shape index (κ2) is 4.16. The van der Waals surface area contributed by atoms with E-state index in [-0.39, 0.29) is 5.91 Å². The minimum atomic E-state index is -0.423. The Balaban J connectivity index is 1.63. The number of rotatable bonds is 1. The van der Waals surface area contributed by atoms with E-state index in [2.05, 4.69) is 0 Å². The lowest BCUT2D eigenvalue weighted by atomic mass is 10.0. The number of hydrogen-bond donors (Lipinski definition) is 0. The molecule has 3 heterocycles. The number of carbonyl (C=O) groups is 1. The molecule has 2 saturated heterocycles. The zero-order chi connectivity index (χ0) is 11.7. The molecule has 2 aliphatic rings. The number of hydrogen-bond acceptors (Lipinski definition) is 4. The molecule has 3 rings (SSSR count). The third-order valence-corrected chi connectivity index (χ3v) is 3.39. The molecule has 92 valence electrons. The maximum absolute atomic E-state index is 12.0. The van der Waals surface area contributed by atoms with Gasteiger partial charge in [-0.1, -0.05) is 0 Å². The fourth-order valence-electron chi connectivity index (χ4n) is 2.40. The number of amides is 1. The standard InChI is InChI=1S/C12H15NO4/c14-11(10-1-6-15-9-10)13-4-2-12(3-5-13)16-7-8-17-12/h1,6,9H,2-5,7-8H2. The molecule has 1 aromatic heterocycles. The number of ether oxygens (including phenoxy) is 2. The summed E-state index contributed by atoms with van der Waals surface area (Å²) >= 11 is 0. The van der Waals surface area contributed by atoms with Gasteiger partial charge in [0.15, 0.2) is 5.79 Å². The van der Waals surface area contributed by atoms with E-state index in [0.717, 1.165) is 12.8 Å². The Morgan fingerprint density at radius 1 is 1.24 bits per heavy atom. The normalized spacial score (nSPS) is 23.2. The summed E-state index contributed by atoms with van der Waals surface area (Å²) in [6.45, 7) is 2.67. The van der Waals surface area contributed by atoms with Crippen molar-refractivity contribution in [1.29, 1.82) is 0 Å². The van der Waals surface area contributed by atoms with Crippen LogP contribution in [0.15, 0.2) is 23.0 Å². The van der Waals surface area contributed by atoms with Crippen LogP contribution in [0.1, 0.15) is 23.2 Å². The largest absolute Gasteiger partial charge is 0.472 e. The van der Waals surface area contributed by atoms with Crippen molar-refractivity contribution in [1.82, 2.24) is 4.90 Å². The van der Waals surface area contributed by atoms with Crippen LogP contribution < -0.4 is 0 Å². The molecule has 0 aliphatic carbocycles. The first-order chi connectivity index (χ1) is 8.29. The maximum Gasteiger partial charge on any atom is 0.257 e. The summed E-state index contributed by atoms with van der Waals surface area (Å²) in [5, 5.41) is 0. The van der Waals surface area contributed by atoms with Gasteiger partial charge < -0.3 is 18.8 Å². The van der Waals surface area contributed by atoms with Crippen molar-refractivity contribution < 1.29 is 18.7 Å². The van der Waals surface area contributed by atoms with Gasteiger partial charge in [-0.25, -0.2) is 0 Å². The fraction of sp³-hybridized carbons (Fsp3) is 0.583. The summed E-state index contributed by atoms with van der Waals surface area (Å²) in [4.78, 5) is 13.9. The molecule has 5 nitrogen and oxygen atoms in total. The molecular formula is C12H15NO4. The Labute approximate surface area is 99.3 Å². The third-order valence-electron chi connectivity index (χ3n) is 3.39. The second-order valence-corrected chi connectivity index (χ2v) is 4.41. The molecule has 0 bridgehead atoms. The lowest BCUT2D eigenvalue weighted by Gasteiger charge is -2.37. The van der Waals surface area contributed by atoms with Gasteiger partial charge in [-0.2, -0.15) is 0 Å². The monoisotopic (exact) mass is 237 g/mol. The summed E-state index contributed by atoms with van der Waals surface area (Å²) in [6.07, 6.45) is 4.49.